The second kappa shape index (κ2) is 14.7. The first-order valence-electron chi connectivity index (χ1n) is 17.2. The number of rotatable bonds is 14. The fourth-order valence-corrected chi connectivity index (χ4v) is 7.02. The van der Waals surface area contributed by atoms with Gasteiger partial charge in [0.05, 0.1) is 30.7 Å². The van der Waals surface area contributed by atoms with Crippen molar-refractivity contribution in [2.75, 3.05) is 53.1 Å². The van der Waals surface area contributed by atoms with Crippen molar-refractivity contribution in [3.63, 3.8) is 0 Å². The van der Waals surface area contributed by atoms with Gasteiger partial charge in [-0.2, -0.15) is 0 Å². The van der Waals surface area contributed by atoms with E-state index in [4.69, 9.17) is 18.9 Å². The number of hydrogen-bond donors (Lipinski definition) is 0. The van der Waals surface area contributed by atoms with Crippen LogP contribution in [0.25, 0.3) is 10.9 Å². The number of fused-ring (bicyclic) bond motifs is 1. The molecule has 51 heavy (non-hydrogen) atoms. The van der Waals surface area contributed by atoms with Crippen LogP contribution in [0.2, 0.25) is 0 Å². The fourth-order valence-electron chi connectivity index (χ4n) is 7.02. The number of likely N-dealkylation sites (tertiary alicyclic amines) is 1. The monoisotopic (exact) mass is 699 g/mol. The summed E-state index contributed by atoms with van der Waals surface area (Å²) in [5.74, 6) is -0.122. The molecule has 12 heteroatoms. The van der Waals surface area contributed by atoms with Crippen LogP contribution < -0.4 is 14.2 Å². The Hall–Kier alpha value is -4.94. The van der Waals surface area contributed by atoms with Gasteiger partial charge in [-0.1, -0.05) is 24.6 Å². The number of pyridine rings is 1. The summed E-state index contributed by atoms with van der Waals surface area (Å²) in [6.45, 7) is 4.03. The van der Waals surface area contributed by atoms with Gasteiger partial charge in [-0.15, -0.1) is 0 Å². The molecule has 0 bridgehead atoms. The normalized spacial score (nSPS) is 17.5. The average molecular weight is 700 g/mol. The number of ether oxygens (including phenoxy) is 4. The zero-order valence-corrected chi connectivity index (χ0v) is 28.4. The molecule has 3 fully saturated rings. The molecule has 1 saturated carbocycles. The van der Waals surface area contributed by atoms with Crippen LogP contribution >= 0.6 is 0 Å². The highest BCUT2D eigenvalue weighted by Gasteiger charge is 2.49. The fraction of sp³-hybridized carbons (Fsp3) is 0.385. The van der Waals surface area contributed by atoms with Crippen molar-refractivity contribution >= 4 is 28.4 Å². The number of morpholine rings is 1. The number of halogens is 2. The lowest BCUT2D eigenvalue weighted by molar-refractivity contribution is -0.150. The maximum atomic E-state index is 15.4. The van der Waals surface area contributed by atoms with Gasteiger partial charge in [-0.25, -0.2) is 8.78 Å². The smallest absolute Gasteiger partial charge is 0.248 e. The largest absolute Gasteiger partial charge is 0.493 e. The topological polar surface area (TPSA) is 108 Å². The number of ketones is 2. The van der Waals surface area contributed by atoms with Crippen molar-refractivity contribution in [1.82, 2.24) is 14.8 Å². The lowest BCUT2D eigenvalue weighted by Gasteiger charge is -2.46. The number of nitrogens with zero attached hydrogens (tertiary/aromatic N) is 3. The van der Waals surface area contributed by atoms with Crippen molar-refractivity contribution < 1.29 is 42.1 Å². The molecule has 1 amide bonds. The van der Waals surface area contributed by atoms with Crippen LogP contribution in [-0.2, 0) is 32.0 Å². The third kappa shape index (κ3) is 7.29. The van der Waals surface area contributed by atoms with Gasteiger partial charge in [0, 0.05) is 56.7 Å². The van der Waals surface area contributed by atoms with Gasteiger partial charge < -0.3 is 23.8 Å². The van der Waals surface area contributed by atoms with Gasteiger partial charge >= 0.3 is 0 Å². The number of aromatic nitrogens is 1. The summed E-state index contributed by atoms with van der Waals surface area (Å²) in [5, 5.41) is 0.590. The molecule has 2 aliphatic heterocycles. The Kier molecular flexibility index (Phi) is 9.97. The van der Waals surface area contributed by atoms with Crippen molar-refractivity contribution in [1.29, 1.82) is 0 Å². The SMILES string of the molecule is COc1cc2c(Oc3ccc(CC(=O)C4(C(=O)Cc5ccc(F)cc5)CCC4)cc3F)ccnc2cc1OCCN1CC(N2CCOCC2=O)C1. The van der Waals surface area contributed by atoms with Crippen LogP contribution in [0.5, 0.6) is 23.0 Å². The van der Waals surface area contributed by atoms with Crippen molar-refractivity contribution in [3.8, 4) is 23.0 Å². The third-order valence-electron chi connectivity index (χ3n) is 10.2. The molecule has 266 valence electrons. The van der Waals surface area contributed by atoms with Gasteiger partial charge in [-0.05, 0) is 60.4 Å². The summed E-state index contributed by atoms with van der Waals surface area (Å²) in [6, 6.07) is 15.4. The summed E-state index contributed by atoms with van der Waals surface area (Å²) in [5.41, 5.74) is 0.563. The molecule has 3 aliphatic rings. The van der Waals surface area contributed by atoms with E-state index < -0.39 is 11.2 Å². The lowest BCUT2D eigenvalue weighted by Crippen LogP contribution is -2.63. The van der Waals surface area contributed by atoms with E-state index in [1.165, 1.54) is 31.4 Å². The minimum Gasteiger partial charge on any atom is -0.493 e. The number of Topliss-reactive ketones (excluding diaryl/α,β-unsaturated/α-hetero) is 2. The quantitative estimate of drug-likeness (QED) is 0.162. The van der Waals surface area contributed by atoms with E-state index >= 15 is 4.39 Å². The zero-order valence-electron chi connectivity index (χ0n) is 28.4. The van der Waals surface area contributed by atoms with E-state index in [2.05, 4.69) is 9.88 Å². The van der Waals surface area contributed by atoms with Crippen molar-refractivity contribution in [2.24, 2.45) is 5.41 Å². The predicted octanol–water partition coefficient (Wildman–Crippen LogP) is 5.33. The highest BCUT2D eigenvalue weighted by atomic mass is 19.1. The second-order valence-electron chi connectivity index (χ2n) is 13.4. The molecule has 0 unspecified atom stereocenters. The standard InChI is InChI=1S/C39H39F2N3O7/c1-48-34-20-29-31(21-35(34)50-16-13-43-22-28(23-43)44-14-15-49-24-38(44)47)42-12-9-32(29)51-33-8-5-26(17-30(33)41)19-37(46)39(10-2-11-39)36(45)18-25-3-6-27(40)7-4-25/h3-9,12,17,20-21,28H,2,10-11,13-16,18-19,22-24H2,1H3. The maximum absolute atomic E-state index is 15.4. The molecule has 0 N–H and O–H groups in total. The summed E-state index contributed by atoms with van der Waals surface area (Å²) in [4.78, 5) is 47.4. The number of benzene rings is 3. The molecule has 2 saturated heterocycles. The van der Waals surface area contributed by atoms with Crippen LogP contribution in [0.15, 0.2) is 66.9 Å². The Bertz CT molecular complexity index is 1940. The first kappa shape index (κ1) is 34.5. The van der Waals surface area contributed by atoms with Crippen LogP contribution in [0, 0.1) is 17.0 Å². The van der Waals surface area contributed by atoms with Crippen LogP contribution in [0.1, 0.15) is 30.4 Å². The van der Waals surface area contributed by atoms with Gasteiger partial charge in [0.1, 0.15) is 24.8 Å². The van der Waals surface area contributed by atoms with Crippen molar-refractivity contribution in [3.05, 3.63) is 89.6 Å². The average Bonchev–Trinajstić information content (AvgIpc) is 3.08. The minimum atomic E-state index is -1.10. The molecule has 3 aromatic carbocycles. The summed E-state index contributed by atoms with van der Waals surface area (Å²) >= 11 is 0. The first-order chi connectivity index (χ1) is 24.7. The van der Waals surface area contributed by atoms with E-state index in [-0.39, 0.29) is 54.5 Å². The minimum absolute atomic E-state index is 0.0321. The molecule has 3 heterocycles. The first-order valence-corrected chi connectivity index (χ1v) is 17.2. The van der Waals surface area contributed by atoms with E-state index in [9.17, 15) is 18.8 Å². The molecule has 4 aromatic rings. The van der Waals surface area contributed by atoms with Crippen LogP contribution in [0.3, 0.4) is 0 Å². The summed E-state index contributed by atoms with van der Waals surface area (Å²) in [7, 11) is 1.54. The van der Waals surface area contributed by atoms with E-state index in [1.54, 1.807) is 42.6 Å². The molecule has 0 spiro atoms. The number of carbonyl (C=O) groups is 3. The van der Waals surface area contributed by atoms with E-state index in [0.29, 0.717) is 78.4 Å². The molecule has 1 aromatic heterocycles. The Morgan fingerprint density at radius 2 is 1.67 bits per heavy atom. The zero-order chi connectivity index (χ0) is 35.5. The van der Waals surface area contributed by atoms with Crippen molar-refractivity contribution in [2.45, 2.75) is 38.1 Å². The van der Waals surface area contributed by atoms with Gasteiger partial charge in [0.25, 0.3) is 0 Å². The van der Waals surface area contributed by atoms with Crippen LogP contribution in [0.4, 0.5) is 8.78 Å². The predicted molar refractivity (Wildman–Crippen MR) is 183 cm³/mol. The number of carbonyl (C=O) groups excluding carboxylic acids is 3. The molecule has 0 radical (unpaired) electrons. The van der Waals surface area contributed by atoms with E-state index in [0.717, 1.165) is 19.5 Å². The molecule has 7 rings (SSSR count). The highest BCUT2D eigenvalue weighted by molar-refractivity contribution is 6.09. The maximum Gasteiger partial charge on any atom is 0.248 e. The Morgan fingerprint density at radius 3 is 2.35 bits per heavy atom. The van der Waals surface area contributed by atoms with Gasteiger partial charge in [0.15, 0.2) is 34.6 Å². The second-order valence-corrected chi connectivity index (χ2v) is 13.4. The van der Waals surface area contributed by atoms with Crippen LogP contribution in [-0.4, -0.2) is 91.4 Å². The summed E-state index contributed by atoms with van der Waals surface area (Å²) < 4.78 is 51.7. The molecule has 1 aliphatic carbocycles. The Morgan fingerprint density at radius 1 is 0.922 bits per heavy atom. The summed E-state index contributed by atoms with van der Waals surface area (Å²) in [6.07, 6.45) is 3.20. The van der Waals surface area contributed by atoms with E-state index in [1.807, 2.05) is 4.90 Å². The van der Waals surface area contributed by atoms with Gasteiger partial charge in [-0.3, -0.25) is 24.3 Å². The Balaban J connectivity index is 0.976. The third-order valence-corrected chi connectivity index (χ3v) is 10.2. The molecular formula is C39H39F2N3O7. The van der Waals surface area contributed by atoms with Gasteiger partial charge in [0.2, 0.25) is 5.91 Å². The number of methoxy groups -OCH3 is 1. The molecule has 0 atom stereocenters. The molecular weight excluding hydrogens is 660 g/mol. The number of hydrogen-bond acceptors (Lipinski definition) is 9. The molecule has 10 nitrogen and oxygen atoms in total. The highest BCUT2D eigenvalue weighted by Crippen LogP contribution is 2.44. The lowest BCUT2D eigenvalue weighted by atomic mass is 9.61. The number of amides is 1. The Labute approximate surface area is 294 Å².